The molecule has 0 fully saturated rings. The SMILES string of the molecule is c1ccc2c(c1)oc1ccc(-c3c4ccccc4c(-c4ccc5sc6ccccc6c5c4)c4ccccc34)cc12. The van der Waals surface area contributed by atoms with Gasteiger partial charge in [-0.15, -0.1) is 11.3 Å². The van der Waals surface area contributed by atoms with Gasteiger partial charge in [0.15, 0.2) is 0 Å². The van der Waals surface area contributed by atoms with Gasteiger partial charge >= 0.3 is 0 Å². The minimum atomic E-state index is 0.923. The predicted molar refractivity (Wildman–Crippen MR) is 172 cm³/mol. The number of furan rings is 1. The molecule has 7 aromatic carbocycles. The summed E-state index contributed by atoms with van der Waals surface area (Å²) >= 11 is 1.87. The zero-order chi connectivity index (χ0) is 26.2. The number of benzene rings is 7. The maximum absolute atomic E-state index is 6.16. The summed E-state index contributed by atoms with van der Waals surface area (Å²) in [6, 6.07) is 48.4. The number of hydrogen-bond acceptors (Lipinski definition) is 2. The maximum Gasteiger partial charge on any atom is 0.135 e. The van der Waals surface area contributed by atoms with Gasteiger partial charge in [-0.3, -0.25) is 0 Å². The lowest BCUT2D eigenvalue weighted by Crippen LogP contribution is -1.90. The molecule has 0 unspecified atom stereocenters. The Morgan fingerprint density at radius 2 is 0.825 bits per heavy atom. The molecule has 0 N–H and O–H groups in total. The molecule has 186 valence electrons. The van der Waals surface area contributed by atoms with Crippen molar-refractivity contribution in [3.05, 3.63) is 133 Å². The molecule has 0 aliphatic heterocycles. The van der Waals surface area contributed by atoms with Crippen LogP contribution in [-0.4, -0.2) is 0 Å². The average Bonchev–Trinajstić information content (AvgIpc) is 3.57. The quantitative estimate of drug-likeness (QED) is 0.204. The molecule has 0 saturated heterocycles. The molecule has 1 nitrogen and oxygen atoms in total. The Morgan fingerprint density at radius 1 is 0.350 bits per heavy atom. The van der Waals surface area contributed by atoms with Crippen LogP contribution in [0.5, 0.6) is 0 Å². The molecule has 40 heavy (non-hydrogen) atoms. The Morgan fingerprint density at radius 3 is 1.50 bits per heavy atom. The second-order valence-corrected chi connectivity index (χ2v) is 11.5. The second-order valence-electron chi connectivity index (χ2n) is 10.5. The van der Waals surface area contributed by atoms with Crippen molar-refractivity contribution >= 4 is 75.0 Å². The molecule has 0 aliphatic carbocycles. The van der Waals surface area contributed by atoms with Crippen molar-refractivity contribution in [1.82, 2.24) is 0 Å². The van der Waals surface area contributed by atoms with Gasteiger partial charge in [-0.25, -0.2) is 0 Å². The van der Waals surface area contributed by atoms with E-state index < -0.39 is 0 Å². The van der Waals surface area contributed by atoms with Gasteiger partial charge in [0.25, 0.3) is 0 Å². The molecule has 2 heteroatoms. The summed E-state index contributed by atoms with van der Waals surface area (Å²) in [4.78, 5) is 0. The van der Waals surface area contributed by atoms with Crippen LogP contribution in [0.15, 0.2) is 138 Å². The van der Waals surface area contributed by atoms with E-state index in [1.54, 1.807) is 0 Å². The largest absolute Gasteiger partial charge is 0.456 e. The Hall–Kier alpha value is -4.92. The van der Waals surface area contributed by atoms with Crippen LogP contribution in [0.1, 0.15) is 0 Å². The molecule has 0 amide bonds. The number of fused-ring (bicyclic) bond motifs is 8. The van der Waals surface area contributed by atoms with E-state index in [1.807, 2.05) is 23.5 Å². The van der Waals surface area contributed by atoms with Crippen LogP contribution < -0.4 is 0 Å². The van der Waals surface area contributed by atoms with Crippen molar-refractivity contribution in [2.24, 2.45) is 0 Å². The minimum Gasteiger partial charge on any atom is -0.456 e. The number of hydrogen-bond donors (Lipinski definition) is 0. The van der Waals surface area contributed by atoms with Crippen molar-refractivity contribution in [1.29, 1.82) is 0 Å². The lowest BCUT2D eigenvalue weighted by atomic mass is 9.85. The summed E-state index contributed by atoms with van der Waals surface area (Å²) in [7, 11) is 0. The van der Waals surface area contributed by atoms with E-state index >= 15 is 0 Å². The molecule has 2 heterocycles. The van der Waals surface area contributed by atoms with Crippen LogP contribution >= 0.6 is 11.3 Å². The normalized spacial score (nSPS) is 12.0. The fraction of sp³-hybridized carbons (Fsp3) is 0. The Bertz CT molecular complexity index is 2210. The Balaban J connectivity index is 1.38. The standard InChI is InChI=1S/C38H22OS/c1-3-13-29-27(11-1)37(23-17-19-34-31(21-23)25-9-5-7-15-33(25)39-34)28-12-2-4-14-30(28)38(29)24-18-20-36-32(22-24)26-10-6-8-16-35(26)40-36/h1-22H. The van der Waals surface area contributed by atoms with Crippen LogP contribution in [0.4, 0.5) is 0 Å². The maximum atomic E-state index is 6.16. The van der Waals surface area contributed by atoms with Gasteiger partial charge in [0.2, 0.25) is 0 Å². The first-order valence-electron chi connectivity index (χ1n) is 13.6. The van der Waals surface area contributed by atoms with Gasteiger partial charge in [-0.05, 0) is 80.2 Å². The highest BCUT2D eigenvalue weighted by molar-refractivity contribution is 7.25. The van der Waals surface area contributed by atoms with Gasteiger partial charge in [0.1, 0.15) is 11.2 Å². The molecular formula is C38H22OS. The van der Waals surface area contributed by atoms with E-state index in [0.29, 0.717) is 0 Å². The third-order valence-corrected chi connectivity index (χ3v) is 9.41. The fourth-order valence-corrected chi connectivity index (χ4v) is 7.60. The van der Waals surface area contributed by atoms with Gasteiger partial charge in [0, 0.05) is 30.9 Å². The van der Waals surface area contributed by atoms with Crippen molar-refractivity contribution in [2.75, 3.05) is 0 Å². The molecule has 0 aliphatic rings. The van der Waals surface area contributed by atoms with Gasteiger partial charge in [-0.1, -0.05) is 97.1 Å². The van der Waals surface area contributed by atoms with Crippen LogP contribution in [0.3, 0.4) is 0 Å². The first-order valence-corrected chi connectivity index (χ1v) is 14.4. The van der Waals surface area contributed by atoms with Crippen molar-refractivity contribution < 1.29 is 4.42 Å². The summed E-state index contributed by atoms with van der Waals surface area (Å²) in [5.41, 5.74) is 6.87. The van der Waals surface area contributed by atoms with Crippen molar-refractivity contribution in [2.45, 2.75) is 0 Å². The van der Waals surface area contributed by atoms with E-state index in [0.717, 1.165) is 21.9 Å². The zero-order valence-electron chi connectivity index (χ0n) is 21.5. The van der Waals surface area contributed by atoms with Crippen molar-refractivity contribution in [3.63, 3.8) is 0 Å². The smallest absolute Gasteiger partial charge is 0.135 e. The Labute approximate surface area is 234 Å². The summed E-state index contributed by atoms with van der Waals surface area (Å²) in [6.45, 7) is 0. The van der Waals surface area contributed by atoms with Crippen LogP contribution in [0, 0.1) is 0 Å². The highest BCUT2D eigenvalue weighted by Gasteiger charge is 2.18. The molecule has 0 radical (unpaired) electrons. The number of thiophene rings is 1. The number of para-hydroxylation sites is 1. The lowest BCUT2D eigenvalue weighted by molar-refractivity contribution is 0.669. The molecule has 2 aromatic heterocycles. The minimum absolute atomic E-state index is 0.923. The van der Waals surface area contributed by atoms with E-state index in [9.17, 15) is 0 Å². The molecule has 9 aromatic rings. The Kier molecular flexibility index (Phi) is 4.55. The monoisotopic (exact) mass is 526 g/mol. The third kappa shape index (κ3) is 3.08. The molecular weight excluding hydrogens is 504 g/mol. The van der Waals surface area contributed by atoms with Gasteiger partial charge in [-0.2, -0.15) is 0 Å². The summed E-state index contributed by atoms with van der Waals surface area (Å²) in [6.07, 6.45) is 0. The van der Waals surface area contributed by atoms with E-state index in [2.05, 4.69) is 121 Å². The fourth-order valence-electron chi connectivity index (χ4n) is 6.51. The predicted octanol–water partition coefficient (Wildman–Crippen LogP) is 11.6. The van der Waals surface area contributed by atoms with E-state index in [1.165, 1.54) is 64.0 Å². The number of rotatable bonds is 2. The molecule has 0 bridgehead atoms. The zero-order valence-corrected chi connectivity index (χ0v) is 22.3. The average molecular weight is 527 g/mol. The molecule has 9 rings (SSSR count). The summed E-state index contributed by atoms with van der Waals surface area (Å²) < 4.78 is 8.82. The highest BCUT2D eigenvalue weighted by atomic mass is 32.1. The first-order chi connectivity index (χ1) is 19.8. The summed E-state index contributed by atoms with van der Waals surface area (Å²) in [5.74, 6) is 0. The van der Waals surface area contributed by atoms with Crippen LogP contribution in [0.25, 0.3) is 85.9 Å². The van der Waals surface area contributed by atoms with E-state index in [-0.39, 0.29) is 0 Å². The summed E-state index contributed by atoms with van der Waals surface area (Å²) in [5, 5.41) is 10.0. The third-order valence-electron chi connectivity index (χ3n) is 8.26. The molecule has 0 spiro atoms. The van der Waals surface area contributed by atoms with Crippen molar-refractivity contribution in [3.8, 4) is 22.3 Å². The molecule has 0 atom stereocenters. The van der Waals surface area contributed by atoms with Crippen LogP contribution in [0.2, 0.25) is 0 Å². The first kappa shape index (κ1) is 22.0. The molecule has 0 saturated carbocycles. The van der Waals surface area contributed by atoms with Gasteiger partial charge in [0.05, 0.1) is 0 Å². The van der Waals surface area contributed by atoms with Gasteiger partial charge < -0.3 is 4.42 Å². The lowest BCUT2D eigenvalue weighted by Gasteiger charge is -2.18. The highest BCUT2D eigenvalue weighted by Crippen LogP contribution is 2.46. The van der Waals surface area contributed by atoms with Crippen LogP contribution in [-0.2, 0) is 0 Å². The second kappa shape index (κ2) is 8.29. The van der Waals surface area contributed by atoms with E-state index in [4.69, 9.17) is 4.42 Å². The topological polar surface area (TPSA) is 13.1 Å².